The lowest BCUT2D eigenvalue weighted by molar-refractivity contribution is 0.0696. The summed E-state index contributed by atoms with van der Waals surface area (Å²) in [6.07, 6.45) is 1.48. The second-order valence-electron chi connectivity index (χ2n) is 3.16. The van der Waals surface area contributed by atoms with Crippen LogP contribution in [0, 0.1) is 11.5 Å². The van der Waals surface area contributed by atoms with Gasteiger partial charge in [-0.1, -0.05) is 30.3 Å². The van der Waals surface area contributed by atoms with Crippen molar-refractivity contribution < 1.29 is 14.6 Å². The molecule has 0 atom stereocenters. The number of nitrogens with zero attached hydrogens (tertiary/aromatic N) is 1. The third kappa shape index (κ3) is 1.55. The van der Waals surface area contributed by atoms with Crippen LogP contribution in [-0.2, 0) is 0 Å². The highest BCUT2D eigenvalue weighted by molar-refractivity contribution is 6.06. The number of carbonyl (C=O) groups is 1. The van der Waals surface area contributed by atoms with E-state index in [9.17, 15) is 4.79 Å². The summed E-state index contributed by atoms with van der Waals surface area (Å²) in [7, 11) is 0. The summed E-state index contributed by atoms with van der Waals surface area (Å²) >= 11 is 0. The number of carboxylic acids is 1. The number of fused-ring (bicyclic) bond motifs is 1. The molecule has 0 aliphatic heterocycles. The topological polar surface area (TPSA) is 70.3 Å². The molecule has 2 aromatic carbocycles. The number of benzene rings is 2. The van der Waals surface area contributed by atoms with E-state index >= 15 is 0 Å². The molecule has 2 rings (SSSR count). The Morgan fingerprint density at radius 2 is 2.00 bits per heavy atom. The molecule has 0 aliphatic rings. The Hall–Kier alpha value is -2.54. The van der Waals surface area contributed by atoms with Gasteiger partial charge in [0, 0.05) is 5.39 Å². The Labute approximate surface area is 91.3 Å². The molecule has 2 aromatic rings. The molecule has 0 aliphatic carbocycles. The molecule has 0 aromatic heterocycles. The predicted molar refractivity (Wildman–Crippen MR) is 57.1 cm³/mol. The van der Waals surface area contributed by atoms with Crippen LogP contribution in [0.4, 0.5) is 0 Å². The summed E-state index contributed by atoms with van der Waals surface area (Å²) in [5.41, 5.74) is 0.0136. The van der Waals surface area contributed by atoms with Crippen molar-refractivity contribution >= 4 is 16.7 Å². The Balaban J connectivity index is 2.80. The fraction of sp³-hybridized carbons (Fsp3) is 0. The van der Waals surface area contributed by atoms with E-state index in [1.165, 1.54) is 12.3 Å². The highest BCUT2D eigenvalue weighted by Gasteiger charge is 2.15. The van der Waals surface area contributed by atoms with Crippen LogP contribution in [0.15, 0.2) is 36.4 Å². The number of aromatic carboxylic acids is 1. The van der Waals surface area contributed by atoms with Gasteiger partial charge in [-0.05, 0) is 11.5 Å². The zero-order chi connectivity index (χ0) is 11.5. The quantitative estimate of drug-likeness (QED) is 0.777. The van der Waals surface area contributed by atoms with Crippen LogP contribution < -0.4 is 4.74 Å². The van der Waals surface area contributed by atoms with E-state index in [4.69, 9.17) is 10.4 Å². The minimum absolute atomic E-state index is 0.0136. The number of carboxylic acid groups (broad SMARTS) is 1. The second kappa shape index (κ2) is 3.91. The van der Waals surface area contributed by atoms with E-state index in [0.29, 0.717) is 5.39 Å². The van der Waals surface area contributed by atoms with Crippen LogP contribution in [-0.4, -0.2) is 11.1 Å². The number of hydrogen-bond donors (Lipinski definition) is 1. The summed E-state index contributed by atoms with van der Waals surface area (Å²) in [5, 5.41) is 18.9. The predicted octanol–water partition coefficient (Wildman–Crippen LogP) is 2.40. The molecule has 0 fully saturated rings. The van der Waals surface area contributed by atoms with Crippen molar-refractivity contribution in [3.63, 3.8) is 0 Å². The molecule has 0 saturated heterocycles. The fourth-order valence-electron chi connectivity index (χ4n) is 1.61. The molecule has 0 amide bonds. The first-order valence-electron chi connectivity index (χ1n) is 4.55. The maximum atomic E-state index is 11.1. The first-order chi connectivity index (χ1) is 7.74. The number of hydrogen-bond acceptors (Lipinski definition) is 3. The van der Waals surface area contributed by atoms with Gasteiger partial charge in [-0.15, -0.1) is 5.26 Å². The maximum absolute atomic E-state index is 11.1. The Morgan fingerprint density at radius 1 is 1.25 bits per heavy atom. The van der Waals surface area contributed by atoms with Crippen molar-refractivity contribution in [1.82, 2.24) is 0 Å². The van der Waals surface area contributed by atoms with Gasteiger partial charge in [0.2, 0.25) is 0 Å². The molecule has 1 N–H and O–H groups in total. The first-order valence-corrected chi connectivity index (χ1v) is 4.55. The third-order valence-electron chi connectivity index (χ3n) is 2.26. The summed E-state index contributed by atoms with van der Waals surface area (Å²) in [6, 6.07) is 10.2. The SMILES string of the molecule is N#COc1ccc2ccccc2c1C(=O)O. The molecule has 0 radical (unpaired) electrons. The van der Waals surface area contributed by atoms with E-state index < -0.39 is 5.97 Å². The van der Waals surface area contributed by atoms with Crippen LogP contribution in [0.5, 0.6) is 5.75 Å². The third-order valence-corrected chi connectivity index (χ3v) is 2.26. The van der Waals surface area contributed by atoms with Crippen molar-refractivity contribution in [2.24, 2.45) is 0 Å². The zero-order valence-corrected chi connectivity index (χ0v) is 8.18. The lowest BCUT2D eigenvalue weighted by Crippen LogP contribution is -2.01. The largest absolute Gasteiger partial charge is 0.478 e. The average molecular weight is 213 g/mol. The van der Waals surface area contributed by atoms with Crippen molar-refractivity contribution in [3.05, 3.63) is 42.0 Å². The van der Waals surface area contributed by atoms with Gasteiger partial charge in [0.1, 0.15) is 5.56 Å². The van der Waals surface area contributed by atoms with Crippen LogP contribution in [0.3, 0.4) is 0 Å². The molecule has 4 heteroatoms. The number of nitriles is 1. The molecule has 78 valence electrons. The molecular weight excluding hydrogens is 206 g/mol. The standard InChI is InChI=1S/C12H7NO3/c13-7-16-10-6-5-8-3-1-2-4-9(8)11(10)12(14)15/h1-6H,(H,14,15). The Bertz CT molecular complexity index is 599. The van der Waals surface area contributed by atoms with E-state index in [-0.39, 0.29) is 11.3 Å². The number of rotatable bonds is 2. The molecular formula is C12H7NO3. The molecule has 0 spiro atoms. The maximum Gasteiger partial charge on any atom is 0.340 e. The highest BCUT2D eigenvalue weighted by atomic mass is 16.5. The van der Waals surface area contributed by atoms with Crippen LogP contribution in [0.1, 0.15) is 10.4 Å². The lowest BCUT2D eigenvalue weighted by atomic mass is 10.0. The molecule has 0 unspecified atom stereocenters. The monoisotopic (exact) mass is 213 g/mol. The normalized spacial score (nSPS) is 9.69. The van der Waals surface area contributed by atoms with Crippen molar-refractivity contribution in [1.29, 1.82) is 5.26 Å². The van der Waals surface area contributed by atoms with Crippen LogP contribution >= 0.6 is 0 Å². The van der Waals surface area contributed by atoms with Gasteiger partial charge >= 0.3 is 5.97 Å². The Kier molecular flexibility index (Phi) is 2.44. The van der Waals surface area contributed by atoms with Crippen molar-refractivity contribution in [3.8, 4) is 12.0 Å². The van der Waals surface area contributed by atoms with Gasteiger partial charge in [-0.3, -0.25) is 0 Å². The van der Waals surface area contributed by atoms with Gasteiger partial charge in [-0.25, -0.2) is 4.79 Å². The lowest BCUT2D eigenvalue weighted by Gasteiger charge is -2.06. The van der Waals surface area contributed by atoms with Crippen molar-refractivity contribution in [2.45, 2.75) is 0 Å². The Morgan fingerprint density at radius 3 is 2.69 bits per heavy atom. The summed E-state index contributed by atoms with van der Waals surface area (Å²) in [4.78, 5) is 11.1. The summed E-state index contributed by atoms with van der Waals surface area (Å²) < 4.78 is 4.63. The average Bonchev–Trinajstić information content (AvgIpc) is 2.28. The summed E-state index contributed by atoms with van der Waals surface area (Å²) in [6.45, 7) is 0. The molecule has 4 nitrogen and oxygen atoms in total. The van der Waals surface area contributed by atoms with Gasteiger partial charge in [0.05, 0.1) is 0 Å². The van der Waals surface area contributed by atoms with Gasteiger partial charge in [0.15, 0.2) is 5.75 Å². The van der Waals surface area contributed by atoms with Crippen molar-refractivity contribution in [2.75, 3.05) is 0 Å². The molecule has 0 bridgehead atoms. The van der Waals surface area contributed by atoms with Gasteiger partial charge < -0.3 is 9.84 Å². The molecule has 0 heterocycles. The van der Waals surface area contributed by atoms with Crippen LogP contribution in [0.25, 0.3) is 10.8 Å². The van der Waals surface area contributed by atoms with E-state index in [1.807, 2.05) is 6.07 Å². The van der Waals surface area contributed by atoms with Gasteiger partial charge in [0.25, 0.3) is 6.26 Å². The minimum atomic E-state index is -1.11. The first kappa shape index (κ1) is 9.99. The van der Waals surface area contributed by atoms with E-state index in [0.717, 1.165) is 5.39 Å². The fourth-order valence-corrected chi connectivity index (χ4v) is 1.61. The molecule has 0 saturated carbocycles. The van der Waals surface area contributed by atoms with Crippen LogP contribution in [0.2, 0.25) is 0 Å². The van der Waals surface area contributed by atoms with E-state index in [1.54, 1.807) is 24.3 Å². The second-order valence-corrected chi connectivity index (χ2v) is 3.16. The van der Waals surface area contributed by atoms with Gasteiger partial charge in [-0.2, -0.15) is 0 Å². The minimum Gasteiger partial charge on any atom is -0.478 e. The number of ether oxygens (including phenoxy) is 1. The summed E-state index contributed by atoms with van der Waals surface area (Å²) in [5.74, 6) is -1.05. The zero-order valence-electron chi connectivity index (χ0n) is 8.18. The smallest absolute Gasteiger partial charge is 0.340 e. The molecule has 16 heavy (non-hydrogen) atoms. The highest BCUT2D eigenvalue weighted by Crippen LogP contribution is 2.27. The van der Waals surface area contributed by atoms with E-state index in [2.05, 4.69) is 4.74 Å².